The van der Waals surface area contributed by atoms with Crippen LogP contribution in [-0.2, 0) is 20.7 Å². The Kier molecular flexibility index (Phi) is 4.40. The van der Waals surface area contributed by atoms with Crippen LogP contribution in [0.15, 0.2) is 0 Å². The van der Waals surface area contributed by atoms with Crippen LogP contribution in [-0.4, -0.2) is 5.66 Å². The summed E-state index contributed by atoms with van der Waals surface area (Å²) in [6, 6.07) is 0. The molecule has 0 rings (SSSR count). The molecule has 0 bridgehead atoms. The van der Waals surface area contributed by atoms with Crippen LogP contribution in [0.2, 0.25) is 0 Å². The first-order valence-corrected chi connectivity index (χ1v) is 5.07. The maximum absolute atomic E-state index is 4.63. The van der Waals surface area contributed by atoms with Gasteiger partial charge in [-0.25, -0.2) is 0 Å². The fourth-order valence-electron chi connectivity index (χ4n) is 0.0861. The molecule has 0 aromatic heterocycles. The average Bonchev–Trinajstić information content (AvgIpc) is 1.35. The van der Waals surface area contributed by atoms with Crippen molar-refractivity contribution in [3.8, 4) is 0 Å². The van der Waals surface area contributed by atoms with E-state index in [0.717, 1.165) is 5.66 Å². The van der Waals surface area contributed by atoms with E-state index < -0.39 is 0 Å². The van der Waals surface area contributed by atoms with Gasteiger partial charge in [0.25, 0.3) is 0 Å². The van der Waals surface area contributed by atoms with E-state index in [2.05, 4.69) is 25.0 Å². The second-order valence-corrected chi connectivity index (χ2v) is 5.09. The molecule has 0 saturated heterocycles. The topological polar surface area (TPSA) is 0 Å². The molecule has 0 aliphatic rings. The SMILES string of the molecule is CC(C)P=S=S. The van der Waals surface area contributed by atoms with E-state index in [-0.39, 0.29) is 0 Å². The molecular weight excluding hydrogens is 131 g/mol. The van der Waals surface area contributed by atoms with Gasteiger partial charge in [0, 0.05) is 5.66 Å². The first kappa shape index (κ1) is 6.74. The molecule has 0 radical (unpaired) electrons. The van der Waals surface area contributed by atoms with Crippen LogP contribution in [0.4, 0.5) is 0 Å². The fourth-order valence-corrected chi connectivity index (χ4v) is 2.32. The van der Waals surface area contributed by atoms with Gasteiger partial charge in [-0.15, -0.1) is 0 Å². The molecular formula is C3H7PS2. The summed E-state index contributed by atoms with van der Waals surface area (Å²) < 4.78 is 0. The van der Waals surface area contributed by atoms with E-state index in [0.29, 0.717) is 0 Å². The predicted molar refractivity (Wildman–Crippen MR) is 36.8 cm³/mol. The van der Waals surface area contributed by atoms with Crippen LogP contribution in [0.25, 0.3) is 0 Å². The molecule has 0 aromatic rings. The summed E-state index contributed by atoms with van der Waals surface area (Å²) in [7, 11) is 2.78. The number of hydrogen-bond donors (Lipinski definition) is 0. The lowest BCUT2D eigenvalue weighted by molar-refractivity contribution is 1.12. The van der Waals surface area contributed by atoms with E-state index in [1.54, 1.807) is 0 Å². The summed E-state index contributed by atoms with van der Waals surface area (Å²) in [6.07, 6.45) is 0. The van der Waals surface area contributed by atoms with Crippen molar-refractivity contribution < 1.29 is 0 Å². The van der Waals surface area contributed by atoms with Crippen LogP contribution >= 0.6 is 7.36 Å². The normalized spacial score (nSPS) is 9.83. The number of hydrogen-bond acceptors (Lipinski definition) is 1. The Bertz CT molecular complexity index is 72.9. The van der Waals surface area contributed by atoms with Crippen LogP contribution in [0.3, 0.4) is 0 Å². The smallest absolute Gasteiger partial charge is 0.00566 e. The summed E-state index contributed by atoms with van der Waals surface area (Å²) in [5.74, 6) is 0. The zero-order chi connectivity index (χ0) is 4.99. The zero-order valence-electron chi connectivity index (χ0n) is 3.84. The van der Waals surface area contributed by atoms with Gasteiger partial charge >= 0.3 is 0 Å². The highest BCUT2D eigenvalue weighted by molar-refractivity contribution is 8.31. The minimum atomic E-state index is 0.729. The van der Waals surface area contributed by atoms with E-state index in [4.69, 9.17) is 0 Å². The van der Waals surface area contributed by atoms with Gasteiger partial charge in [0.2, 0.25) is 0 Å². The van der Waals surface area contributed by atoms with E-state index in [1.165, 1.54) is 16.9 Å². The highest BCUT2D eigenvalue weighted by atomic mass is 32.9. The van der Waals surface area contributed by atoms with Crippen molar-refractivity contribution in [2.45, 2.75) is 19.5 Å². The second kappa shape index (κ2) is 3.91. The van der Waals surface area contributed by atoms with Crippen LogP contribution in [0, 0.1) is 0 Å². The Labute approximate surface area is 48.0 Å². The Morgan fingerprint density at radius 3 is 2.17 bits per heavy atom. The summed E-state index contributed by atoms with van der Waals surface area (Å²) in [4.78, 5) is 0. The van der Waals surface area contributed by atoms with Crippen LogP contribution < -0.4 is 0 Å². The molecule has 0 fully saturated rings. The minimum absolute atomic E-state index is 0.729. The second-order valence-electron chi connectivity index (χ2n) is 1.27. The average molecular weight is 138 g/mol. The highest BCUT2D eigenvalue weighted by Crippen LogP contribution is 2.02. The lowest BCUT2D eigenvalue weighted by Crippen LogP contribution is -1.72. The Hall–Kier alpha value is 0.740. The van der Waals surface area contributed by atoms with Crippen molar-refractivity contribution in [1.29, 1.82) is 0 Å². The van der Waals surface area contributed by atoms with Crippen LogP contribution in [0.5, 0.6) is 0 Å². The zero-order valence-corrected chi connectivity index (χ0v) is 6.37. The maximum Gasteiger partial charge on any atom is 0.00566 e. The molecule has 3 heteroatoms. The monoisotopic (exact) mass is 138 g/mol. The number of rotatable bonds is 1. The van der Waals surface area contributed by atoms with E-state index >= 15 is 0 Å². The van der Waals surface area contributed by atoms with Gasteiger partial charge in [-0.1, -0.05) is 23.3 Å². The molecule has 0 amide bonds. The minimum Gasteiger partial charge on any atom is -0.0543 e. The van der Waals surface area contributed by atoms with Crippen molar-refractivity contribution in [2.24, 2.45) is 0 Å². The molecule has 0 nitrogen and oxygen atoms in total. The Morgan fingerprint density at radius 2 is 2.17 bits per heavy atom. The van der Waals surface area contributed by atoms with Gasteiger partial charge in [0.15, 0.2) is 0 Å². The molecule has 0 N–H and O–H groups in total. The first-order chi connectivity index (χ1) is 2.77. The van der Waals surface area contributed by atoms with Crippen molar-refractivity contribution >= 4 is 28.0 Å². The molecule has 0 aliphatic heterocycles. The molecule has 0 aromatic carbocycles. The molecule has 0 saturated carbocycles. The summed E-state index contributed by atoms with van der Waals surface area (Å²) >= 11 is 4.63. The first-order valence-electron chi connectivity index (χ1n) is 1.76. The Morgan fingerprint density at radius 1 is 1.67 bits per heavy atom. The lowest BCUT2D eigenvalue weighted by atomic mass is 10.6. The third-order valence-corrected chi connectivity index (χ3v) is 3.06. The maximum atomic E-state index is 4.63. The molecule has 0 spiro atoms. The highest BCUT2D eigenvalue weighted by Gasteiger charge is 1.78. The third-order valence-electron chi connectivity index (χ3n) is 0.254. The Balaban J connectivity index is 3.29. The van der Waals surface area contributed by atoms with Gasteiger partial charge < -0.3 is 0 Å². The summed E-state index contributed by atoms with van der Waals surface area (Å²) in [6.45, 7) is 4.31. The van der Waals surface area contributed by atoms with Gasteiger partial charge in [-0.05, 0) is 18.5 Å². The van der Waals surface area contributed by atoms with E-state index in [1.807, 2.05) is 0 Å². The molecule has 6 heavy (non-hydrogen) atoms. The fraction of sp³-hybridized carbons (Fsp3) is 1.00. The molecule has 0 heterocycles. The van der Waals surface area contributed by atoms with Crippen molar-refractivity contribution in [2.75, 3.05) is 0 Å². The van der Waals surface area contributed by atoms with Crippen LogP contribution in [0.1, 0.15) is 13.8 Å². The standard InChI is InChI=1S/C3H7PS2/c1-3(2)4-6-5/h3H,1-2H3. The third kappa shape index (κ3) is 4.74. The van der Waals surface area contributed by atoms with Gasteiger partial charge in [-0.2, -0.15) is 0 Å². The molecule has 0 atom stereocenters. The van der Waals surface area contributed by atoms with Gasteiger partial charge in [-0.3, -0.25) is 0 Å². The van der Waals surface area contributed by atoms with Gasteiger partial charge in [0.05, 0.1) is 0 Å². The lowest BCUT2D eigenvalue weighted by Gasteiger charge is -1.81. The molecule has 0 unspecified atom stereocenters. The van der Waals surface area contributed by atoms with Crippen molar-refractivity contribution in [3.05, 3.63) is 0 Å². The predicted octanol–water partition coefficient (Wildman–Crippen LogP) is 1.80. The largest absolute Gasteiger partial charge is 0.0543 e. The van der Waals surface area contributed by atoms with Crippen molar-refractivity contribution in [1.82, 2.24) is 0 Å². The summed E-state index contributed by atoms with van der Waals surface area (Å²) in [5.41, 5.74) is 0.729. The summed E-state index contributed by atoms with van der Waals surface area (Å²) in [5, 5.41) is 0. The molecule has 0 aliphatic carbocycles. The van der Waals surface area contributed by atoms with Gasteiger partial charge in [0.1, 0.15) is 0 Å². The molecule has 36 valence electrons. The quantitative estimate of drug-likeness (QED) is 0.498. The van der Waals surface area contributed by atoms with Crippen molar-refractivity contribution in [3.63, 3.8) is 0 Å². The van der Waals surface area contributed by atoms with E-state index in [9.17, 15) is 0 Å².